The van der Waals surface area contributed by atoms with Crippen molar-refractivity contribution in [1.29, 1.82) is 0 Å². The minimum atomic E-state index is 0.0833. The predicted molar refractivity (Wildman–Crippen MR) is 157 cm³/mol. The molecule has 0 spiro atoms. The van der Waals surface area contributed by atoms with Gasteiger partial charge in [0.25, 0.3) is 0 Å². The third-order valence-electron chi connectivity index (χ3n) is 5.42. The first-order chi connectivity index (χ1) is 15.5. The van der Waals surface area contributed by atoms with Crippen molar-refractivity contribution >= 4 is 0 Å². The van der Waals surface area contributed by atoms with E-state index in [-0.39, 0.29) is 5.41 Å². The molecule has 192 valence electrons. The first-order valence-corrected chi connectivity index (χ1v) is 13.4. The Morgan fingerprint density at radius 2 is 1.15 bits per heavy atom. The molecule has 0 saturated heterocycles. The van der Waals surface area contributed by atoms with Crippen LogP contribution in [0.5, 0.6) is 0 Å². The van der Waals surface area contributed by atoms with Crippen molar-refractivity contribution in [2.45, 2.75) is 127 Å². The molecule has 0 heterocycles. The Hall–Kier alpha value is -1.76. The quantitative estimate of drug-likeness (QED) is 0.342. The first kappa shape index (κ1) is 35.8. The highest BCUT2D eigenvalue weighted by atomic mass is 14.6. The van der Waals surface area contributed by atoms with Gasteiger partial charge in [0.1, 0.15) is 0 Å². The Kier molecular flexibility index (Phi) is 25.4. The number of allylic oxidation sites excluding steroid dienone is 9. The van der Waals surface area contributed by atoms with E-state index < -0.39 is 0 Å². The molecular formula is C32H59N. The third-order valence-corrected chi connectivity index (χ3v) is 5.42. The van der Waals surface area contributed by atoms with E-state index in [2.05, 4.69) is 71.7 Å². The largest absolute Gasteiger partial charge is 0.402 e. The summed E-state index contributed by atoms with van der Waals surface area (Å²) in [5.41, 5.74) is 10.9. The second-order valence-electron chi connectivity index (χ2n) is 9.53. The number of hydrogen-bond acceptors (Lipinski definition) is 1. The van der Waals surface area contributed by atoms with Gasteiger partial charge >= 0.3 is 0 Å². The third kappa shape index (κ3) is 21.8. The summed E-state index contributed by atoms with van der Waals surface area (Å²) in [4.78, 5) is 0. The van der Waals surface area contributed by atoms with Crippen LogP contribution in [0.1, 0.15) is 127 Å². The zero-order valence-corrected chi connectivity index (χ0v) is 24.1. The van der Waals surface area contributed by atoms with Crippen molar-refractivity contribution in [2.75, 3.05) is 0 Å². The average Bonchev–Trinajstić information content (AvgIpc) is 2.78. The fourth-order valence-corrected chi connectivity index (χ4v) is 2.72. The van der Waals surface area contributed by atoms with Crippen molar-refractivity contribution in [3.8, 4) is 0 Å². The Labute approximate surface area is 209 Å². The van der Waals surface area contributed by atoms with Crippen molar-refractivity contribution in [3.63, 3.8) is 0 Å². The maximum absolute atomic E-state index is 5.38. The van der Waals surface area contributed by atoms with E-state index in [1.54, 1.807) is 0 Å². The summed E-state index contributed by atoms with van der Waals surface area (Å²) in [7, 11) is 0. The van der Waals surface area contributed by atoms with Crippen molar-refractivity contribution < 1.29 is 0 Å². The van der Waals surface area contributed by atoms with Crippen LogP contribution in [0.3, 0.4) is 0 Å². The SMILES string of the molecule is C=C(N)C(C)(C)C.C=C1C(=C)/C(C)=C/C=C\C=C/1CCC.CC.CCCCCCCCCC. The molecule has 0 bridgehead atoms. The Morgan fingerprint density at radius 3 is 1.52 bits per heavy atom. The molecule has 0 aliphatic heterocycles. The van der Waals surface area contributed by atoms with Gasteiger partial charge in [-0.25, -0.2) is 0 Å². The molecule has 0 fully saturated rings. The molecule has 1 heteroatoms. The van der Waals surface area contributed by atoms with E-state index in [0.29, 0.717) is 0 Å². The molecule has 1 rings (SSSR count). The first-order valence-electron chi connectivity index (χ1n) is 13.4. The monoisotopic (exact) mass is 457 g/mol. The molecule has 0 aromatic heterocycles. The Balaban J connectivity index is -0.000000417. The van der Waals surface area contributed by atoms with Crippen molar-refractivity contribution in [3.05, 3.63) is 72.0 Å². The highest BCUT2D eigenvalue weighted by Gasteiger charge is 2.10. The van der Waals surface area contributed by atoms with Gasteiger partial charge in [-0.2, -0.15) is 0 Å². The zero-order chi connectivity index (χ0) is 26.3. The van der Waals surface area contributed by atoms with Gasteiger partial charge in [0, 0.05) is 11.1 Å². The zero-order valence-electron chi connectivity index (χ0n) is 24.1. The number of nitrogens with two attached hydrogens (primary N) is 1. The molecule has 0 aromatic carbocycles. The van der Waals surface area contributed by atoms with Crippen LogP contribution < -0.4 is 5.73 Å². The van der Waals surface area contributed by atoms with Gasteiger partial charge in [-0.05, 0) is 35.6 Å². The van der Waals surface area contributed by atoms with E-state index in [4.69, 9.17) is 5.73 Å². The summed E-state index contributed by atoms with van der Waals surface area (Å²) in [6.07, 6.45) is 22.0. The van der Waals surface area contributed by atoms with Gasteiger partial charge in [0.05, 0.1) is 0 Å². The van der Waals surface area contributed by atoms with Gasteiger partial charge in [-0.3, -0.25) is 0 Å². The standard InChI is InChI=1S/C14H18.C10H22.C6H13N.C2H6/c1-5-8-14-10-7-6-9-11(2)12(3)13(14)4;1-3-5-7-9-10-8-6-4-2;1-5(7)6(2,3)4;1-2/h6-7,9-10H,3-5,8H2,1-2H3;3-10H2,1-2H3;1,7H2,2-4H3;1-2H3/b7-6-,11-9+,14-10-;;;. The molecule has 0 amide bonds. The Bertz CT molecular complexity index is 597. The minimum Gasteiger partial charge on any atom is -0.402 e. The van der Waals surface area contributed by atoms with Gasteiger partial charge in [0.2, 0.25) is 0 Å². The van der Waals surface area contributed by atoms with Crippen LogP contribution in [0.25, 0.3) is 0 Å². The maximum atomic E-state index is 5.38. The van der Waals surface area contributed by atoms with Crippen LogP contribution >= 0.6 is 0 Å². The number of unbranched alkanes of at least 4 members (excludes halogenated alkanes) is 7. The topological polar surface area (TPSA) is 26.0 Å². The van der Waals surface area contributed by atoms with Crippen LogP contribution in [-0.4, -0.2) is 0 Å². The van der Waals surface area contributed by atoms with E-state index in [9.17, 15) is 0 Å². The summed E-state index contributed by atoms with van der Waals surface area (Å²) in [6.45, 7) is 30.7. The molecule has 0 unspecified atom stereocenters. The van der Waals surface area contributed by atoms with Gasteiger partial charge in [0.15, 0.2) is 0 Å². The van der Waals surface area contributed by atoms with E-state index in [1.807, 2.05) is 34.6 Å². The highest BCUT2D eigenvalue weighted by molar-refractivity contribution is 5.55. The van der Waals surface area contributed by atoms with E-state index >= 15 is 0 Å². The van der Waals surface area contributed by atoms with Gasteiger partial charge in [-0.1, -0.05) is 157 Å². The van der Waals surface area contributed by atoms with Crippen molar-refractivity contribution in [2.24, 2.45) is 11.1 Å². The maximum Gasteiger partial charge on any atom is 0.00621 e. The molecule has 0 radical (unpaired) electrons. The molecule has 1 aliphatic carbocycles. The lowest BCUT2D eigenvalue weighted by molar-refractivity contribution is 0.500. The molecule has 2 N–H and O–H groups in total. The van der Waals surface area contributed by atoms with Crippen LogP contribution in [0.15, 0.2) is 72.0 Å². The summed E-state index contributed by atoms with van der Waals surface area (Å²) < 4.78 is 0. The molecule has 1 nitrogen and oxygen atoms in total. The molecule has 0 saturated carbocycles. The molecule has 0 atom stereocenters. The second kappa shape index (κ2) is 23.4. The lowest BCUT2D eigenvalue weighted by Crippen LogP contribution is -2.14. The van der Waals surface area contributed by atoms with E-state index in [1.165, 1.54) is 62.5 Å². The molecular weight excluding hydrogens is 398 g/mol. The normalized spacial score (nSPS) is 17.1. The van der Waals surface area contributed by atoms with Crippen LogP contribution in [0.2, 0.25) is 0 Å². The average molecular weight is 458 g/mol. The van der Waals surface area contributed by atoms with Crippen LogP contribution in [-0.2, 0) is 0 Å². The summed E-state index contributed by atoms with van der Waals surface area (Å²) >= 11 is 0. The second-order valence-corrected chi connectivity index (χ2v) is 9.53. The predicted octanol–water partition coefficient (Wildman–Crippen LogP) is 11.0. The Morgan fingerprint density at radius 1 is 0.758 bits per heavy atom. The highest BCUT2D eigenvalue weighted by Crippen LogP contribution is 2.26. The minimum absolute atomic E-state index is 0.0833. The summed E-state index contributed by atoms with van der Waals surface area (Å²) in [5, 5.41) is 0. The van der Waals surface area contributed by atoms with Crippen LogP contribution in [0, 0.1) is 5.41 Å². The molecule has 0 aromatic rings. The fraction of sp³-hybridized carbons (Fsp3) is 0.625. The fourth-order valence-electron chi connectivity index (χ4n) is 2.72. The van der Waals surface area contributed by atoms with Gasteiger partial charge in [-0.15, -0.1) is 0 Å². The number of hydrogen-bond donors (Lipinski definition) is 1. The van der Waals surface area contributed by atoms with E-state index in [0.717, 1.165) is 29.7 Å². The van der Waals surface area contributed by atoms with Crippen LogP contribution in [0.4, 0.5) is 0 Å². The van der Waals surface area contributed by atoms with Crippen molar-refractivity contribution in [1.82, 2.24) is 0 Å². The lowest BCUT2D eigenvalue weighted by Gasteiger charge is -2.16. The lowest BCUT2D eigenvalue weighted by atomic mass is 9.91. The van der Waals surface area contributed by atoms with Gasteiger partial charge < -0.3 is 5.73 Å². The molecule has 1 aliphatic rings. The number of rotatable bonds is 9. The smallest absolute Gasteiger partial charge is 0.00621 e. The summed E-state index contributed by atoms with van der Waals surface area (Å²) in [6, 6.07) is 0. The summed E-state index contributed by atoms with van der Waals surface area (Å²) in [5.74, 6) is 0. The molecule has 33 heavy (non-hydrogen) atoms.